The van der Waals surface area contributed by atoms with Gasteiger partial charge in [-0.15, -0.1) is 11.3 Å². The molecule has 2 heteroatoms. The first kappa shape index (κ1) is 26.5. The highest BCUT2D eigenvalue weighted by Gasteiger charge is 2.53. The second-order valence-electron chi connectivity index (χ2n) is 12.5. The molecular weight excluding hydrogens is 587 g/mol. The lowest BCUT2D eigenvalue weighted by atomic mass is 9.70. The Morgan fingerprint density at radius 2 is 0.936 bits per heavy atom. The van der Waals surface area contributed by atoms with Gasteiger partial charge in [0.25, 0.3) is 0 Å². The molecule has 10 rings (SSSR count). The number of para-hydroxylation sites is 2. The lowest BCUT2D eigenvalue weighted by molar-refractivity contribution is 0.803. The first-order chi connectivity index (χ1) is 23.3. The maximum atomic E-state index is 2.48. The summed E-state index contributed by atoms with van der Waals surface area (Å²) in [4.78, 5) is 3.72. The van der Waals surface area contributed by atoms with Gasteiger partial charge < -0.3 is 4.90 Å². The van der Waals surface area contributed by atoms with Crippen LogP contribution in [-0.2, 0) is 5.41 Å². The van der Waals surface area contributed by atoms with Gasteiger partial charge in [0.15, 0.2) is 0 Å². The van der Waals surface area contributed by atoms with Crippen LogP contribution < -0.4 is 4.90 Å². The number of hydrogen-bond donors (Lipinski definition) is 0. The van der Waals surface area contributed by atoms with E-state index in [1.807, 2.05) is 11.3 Å². The Kier molecular flexibility index (Phi) is 5.73. The number of benzene rings is 7. The Bertz CT molecular complexity index is 2420. The van der Waals surface area contributed by atoms with Gasteiger partial charge in [-0.1, -0.05) is 127 Å². The molecule has 1 aromatic heterocycles. The van der Waals surface area contributed by atoms with Gasteiger partial charge in [-0.05, 0) is 104 Å². The van der Waals surface area contributed by atoms with E-state index in [1.165, 1.54) is 65.0 Å². The molecule has 220 valence electrons. The molecular formula is C45H29NS. The number of anilines is 3. The SMILES string of the molecule is c1ccc(N(c2ccccc2)c2ccc(-c3ccc4c(c3)C3(c5ccccc5-4)c4ccccc4-c4sc5ccccc5c43)cc2)cc1. The average molecular weight is 616 g/mol. The zero-order valence-corrected chi connectivity index (χ0v) is 26.4. The molecule has 2 aliphatic carbocycles. The van der Waals surface area contributed by atoms with E-state index in [-0.39, 0.29) is 5.41 Å². The van der Waals surface area contributed by atoms with Crippen LogP contribution in [0.3, 0.4) is 0 Å². The Balaban J connectivity index is 1.17. The summed E-state index contributed by atoms with van der Waals surface area (Å²) in [6.45, 7) is 0. The molecule has 47 heavy (non-hydrogen) atoms. The second-order valence-corrected chi connectivity index (χ2v) is 13.5. The zero-order chi connectivity index (χ0) is 31.0. The van der Waals surface area contributed by atoms with Crippen LogP contribution in [0.1, 0.15) is 22.3 Å². The standard InChI is InChI=1S/C45H29NS/c1-3-13-32(14-4-1)46(33-15-5-2-6-16-33)34-26-23-30(24-27-34)31-25-28-36-35-17-7-10-20-39(35)45(41(36)29-31)40-21-11-8-18-37(40)44-43(45)38-19-9-12-22-42(38)47-44/h1-29H. The summed E-state index contributed by atoms with van der Waals surface area (Å²) >= 11 is 1.94. The third-order valence-corrected chi connectivity index (χ3v) is 11.3. The van der Waals surface area contributed by atoms with E-state index in [1.54, 1.807) is 0 Å². The summed E-state index contributed by atoms with van der Waals surface area (Å²) in [6.07, 6.45) is 0. The maximum Gasteiger partial charge on any atom is 0.0740 e. The minimum atomic E-state index is -0.356. The van der Waals surface area contributed by atoms with Crippen LogP contribution >= 0.6 is 11.3 Å². The van der Waals surface area contributed by atoms with Crippen LogP contribution in [0, 0.1) is 0 Å². The fourth-order valence-electron chi connectivity index (χ4n) is 8.17. The van der Waals surface area contributed by atoms with Crippen molar-refractivity contribution < 1.29 is 0 Å². The van der Waals surface area contributed by atoms with E-state index in [9.17, 15) is 0 Å². The lowest BCUT2D eigenvalue weighted by Crippen LogP contribution is -2.25. The Labute approximate surface area is 278 Å². The van der Waals surface area contributed by atoms with Crippen molar-refractivity contribution in [1.29, 1.82) is 0 Å². The largest absolute Gasteiger partial charge is 0.311 e. The molecule has 1 spiro atoms. The molecule has 0 fully saturated rings. The maximum absolute atomic E-state index is 2.48. The van der Waals surface area contributed by atoms with Crippen molar-refractivity contribution in [2.24, 2.45) is 0 Å². The number of thiophene rings is 1. The monoisotopic (exact) mass is 615 g/mol. The number of rotatable bonds is 4. The summed E-state index contributed by atoms with van der Waals surface area (Å²) in [5, 5.41) is 1.36. The van der Waals surface area contributed by atoms with Crippen molar-refractivity contribution in [3.8, 4) is 32.7 Å². The second kappa shape index (κ2) is 10.2. The predicted octanol–water partition coefficient (Wildman–Crippen LogP) is 12.4. The van der Waals surface area contributed by atoms with Crippen molar-refractivity contribution in [3.05, 3.63) is 198 Å². The molecule has 0 N–H and O–H groups in total. The molecule has 1 unspecified atom stereocenters. The van der Waals surface area contributed by atoms with Crippen molar-refractivity contribution >= 4 is 38.5 Å². The highest BCUT2D eigenvalue weighted by Crippen LogP contribution is 2.66. The average Bonchev–Trinajstić information content (AvgIpc) is 3.76. The lowest BCUT2D eigenvalue weighted by Gasteiger charge is -2.30. The van der Waals surface area contributed by atoms with Crippen LogP contribution in [0.15, 0.2) is 176 Å². The first-order valence-corrected chi connectivity index (χ1v) is 17.0. The van der Waals surface area contributed by atoms with Gasteiger partial charge in [-0.3, -0.25) is 0 Å². The number of fused-ring (bicyclic) bond motifs is 12. The summed E-state index contributed by atoms with van der Waals surface area (Å²) in [7, 11) is 0. The zero-order valence-electron chi connectivity index (χ0n) is 25.6. The molecule has 0 radical (unpaired) electrons. The summed E-state index contributed by atoms with van der Waals surface area (Å²) in [6, 6.07) is 64.6. The van der Waals surface area contributed by atoms with Crippen molar-refractivity contribution in [1.82, 2.24) is 0 Å². The van der Waals surface area contributed by atoms with Gasteiger partial charge in [0, 0.05) is 26.6 Å². The summed E-state index contributed by atoms with van der Waals surface area (Å²) in [5.41, 5.74) is 15.1. The van der Waals surface area contributed by atoms with Gasteiger partial charge in [-0.2, -0.15) is 0 Å². The highest BCUT2D eigenvalue weighted by molar-refractivity contribution is 7.22. The fourth-order valence-corrected chi connectivity index (χ4v) is 9.47. The summed E-state index contributed by atoms with van der Waals surface area (Å²) in [5.74, 6) is 0. The molecule has 1 atom stereocenters. The molecule has 1 heterocycles. The minimum absolute atomic E-state index is 0.356. The minimum Gasteiger partial charge on any atom is -0.311 e. The van der Waals surface area contributed by atoms with Crippen LogP contribution in [0.4, 0.5) is 17.1 Å². The topological polar surface area (TPSA) is 3.24 Å². The van der Waals surface area contributed by atoms with Crippen LogP contribution in [0.25, 0.3) is 42.8 Å². The Morgan fingerprint density at radius 1 is 0.404 bits per heavy atom. The van der Waals surface area contributed by atoms with E-state index in [2.05, 4.69) is 181 Å². The van der Waals surface area contributed by atoms with Crippen molar-refractivity contribution in [3.63, 3.8) is 0 Å². The predicted molar refractivity (Wildman–Crippen MR) is 198 cm³/mol. The van der Waals surface area contributed by atoms with Crippen molar-refractivity contribution in [2.45, 2.75) is 5.41 Å². The number of hydrogen-bond acceptors (Lipinski definition) is 2. The fraction of sp³-hybridized carbons (Fsp3) is 0.0222. The van der Waals surface area contributed by atoms with E-state index in [0.717, 1.165) is 17.1 Å². The third kappa shape index (κ3) is 3.71. The van der Waals surface area contributed by atoms with E-state index < -0.39 is 0 Å². The van der Waals surface area contributed by atoms with Crippen molar-refractivity contribution in [2.75, 3.05) is 4.90 Å². The third-order valence-electron chi connectivity index (χ3n) is 10.1. The molecule has 7 aromatic carbocycles. The first-order valence-electron chi connectivity index (χ1n) is 16.2. The molecule has 1 nitrogen and oxygen atoms in total. The molecule has 0 saturated heterocycles. The number of nitrogens with zero attached hydrogens (tertiary/aromatic N) is 1. The van der Waals surface area contributed by atoms with E-state index in [4.69, 9.17) is 0 Å². The van der Waals surface area contributed by atoms with Gasteiger partial charge in [0.2, 0.25) is 0 Å². The summed E-state index contributed by atoms with van der Waals surface area (Å²) < 4.78 is 1.35. The Morgan fingerprint density at radius 3 is 1.66 bits per heavy atom. The Hall–Kier alpha value is -5.70. The van der Waals surface area contributed by atoms with E-state index >= 15 is 0 Å². The molecule has 2 aliphatic rings. The van der Waals surface area contributed by atoms with Crippen LogP contribution in [0.5, 0.6) is 0 Å². The molecule has 0 aliphatic heterocycles. The van der Waals surface area contributed by atoms with Gasteiger partial charge in [0.05, 0.1) is 5.41 Å². The molecule has 0 bridgehead atoms. The molecule has 0 saturated carbocycles. The molecule has 8 aromatic rings. The molecule has 0 amide bonds. The van der Waals surface area contributed by atoms with Gasteiger partial charge in [-0.25, -0.2) is 0 Å². The highest BCUT2D eigenvalue weighted by atomic mass is 32.1. The quantitative estimate of drug-likeness (QED) is 0.190. The van der Waals surface area contributed by atoms with Gasteiger partial charge >= 0.3 is 0 Å². The van der Waals surface area contributed by atoms with Crippen LogP contribution in [-0.4, -0.2) is 0 Å². The smallest absolute Gasteiger partial charge is 0.0740 e. The van der Waals surface area contributed by atoms with Gasteiger partial charge in [0.1, 0.15) is 0 Å². The van der Waals surface area contributed by atoms with E-state index in [0.29, 0.717) is 0 Å². The normalized spacial score (nSPS) is 15.3. The van der Waals surface area contributed by atoms with Crippen LogP contribution in [0.2, 0.25) is 0 Å².